The summed E-state index contributed by atoms with van der Waals surface area (Å²) < 4.78 is 10.6. The van der Waals surface area contributed by atoms with Crippen LogP contribution in [0.25, 0.3) is 11.4 Å². The molecule has 0 spiro atoms. The number of carbonyl (C=O) groups excluding carboxylic acids is 3. The topological polar surface area (TPSA) is 115 Å². The van der Waals surface area contributed by atoms with Crippen LogP contribution in [0.1, 0.15) is 72.7 Å². The molecule has 0 radical (unpaired) electrons. The van der Waals surface area contributed by atoms with Crippen LogP contribution in [0.3, 0.4) is 0 Å². The van der Waals surface area contributed by atoms with Crippen LogP contribution < -0.4 is 4.74 Å². The average molecular weight is 572 g/mol. The molecule has 3 aromatic rings. The molecule has 1 aliphatic carbocycles. The number of methoxy groups -OCH3 is 1. The lowest BCUT2D eigenvalue weighted by Crippen LogP contribution is -2.50. The fraction of sp³-hybridized carbons (Fsp3) is 0.438. The van der Waals surface area contributed by atoms with Crippen molar-refractivity contribution in [3.63, 3.8) is 0 Å². The lowest BCUT2D eigenvalue weighted by Gasteiger charge is -2.39. The average Bonchev–Trinajstić information content (AvgIpc) is 3.82. The lowest BCUT2D eigenvalue weighted by atomic mass is 10.0. The molecule has 1 saturated heterocycles. The zero-order valence-electron chi connectivity index (χ0n) is 24.6. The third-order valence-electron chi connectivity index (χ3n) is 7.42. The van der Waals surface area contributed by atoms with Crippen LogP contribution in [0.2, 0.25) is 0 Å². The number of likely N-dealkylation sites (tertiary alicyclic amines) is 1. The fourth-order valence-corrected chi connectivity index (χ4v) is 5.10. The zero-order chi connectivity index (χ0) is 29.9. The van der Waals surface area contributed by atoms with Crippen molar-refractivity contribution in [1.29, 1.82) is 0 Å². The van der Waals surface area contributed by atoms with E-state index >= 15 is 0 Å². The highest BCUT2D eigenvalue weighted by Gasteiger charge is 2.40. The summed E-state index contributed by atoms with van der Waals surface area (Å²) in [5.74, 6) is 0.888. The first-order valence-corrected chi connectivity index (χ1v) is 14.4. The van der Waals surface area contributed by atoms with Crippen LogP contribution in [-0.2, 0) is 11.2 Å². The van der Waals surface area contributed by atoms with Crippen LogP contribution in [0, 0.1) is 0 Å². The molecule has 220 valence electrons. The van der Waals surface area contributed by atoms with Crippen molar-refractivity contribution in [2.75, 3.05) is 20.2 Å². The number of ether oxygens (including phenoxy) is 2. The van der Waals surface area contributed by atoms with Crippen molar-refractivity contribution in [2.45, 2.75) is 70.6 Å². The van der Waals surface area contributed by atoms with Crippen LogP contribution >= 0.6 is 0 Å². The van der Waals surface area contributed by atoms with E-state index < -0.39 is 5.60 Å². The maximum atomic E-state index is 13.6. The van der Waals surface area contributed by atoms with E-state index in [9.17, 15) is 14.4 Å². The Hall–Kier alpha value is -4.34. The van der Waals surface area contributed by atoms with Gasteiger partial charge < -0.3 is 19.3 Å². The van der Waals surface area contributed by atoms with Crippen molar-refractivity contribution in [1.82, 2.24) is 24.8 Å². The summed E-state index contributed by atoms with van der Waals surface area (Å²) in [7, 11) is 1.55. The molecule has 0 unspecified atom stereocenters. The third kappa shape index (κ3) is 7.10. The summed E-state index contributed by atoms with van der Waals surface area (Å²) in [5.41, 5.74) is 2.05. The van der Waals surface area contributed by atoms with Crippen LogP contribution in [-0.4, -0.2) is 80.4 Å². The van der Waals surface area contributed by atoms with Crippen molar-refractivity contribution in [3.05, 3.63) is 71.7 Å². The summed E-state index contributed by atoms with van der Waals surface area (Å²) in [6, 6.07) is 11.0. The number of ketones is 1. The molecular weight excluding hydrogens is 534 g/mol. The van der Waals surface area contributed by atoms with Gasteiger partial charge in [0, 0.05) is 67.4 Å². The van der Waals surface area contributed by atoms with Crippen LogP contribution in [0.5, 0.6) is 5.88 Å². The predicted molar refractivity (Wildman–Crippen MR) is 156 cm³/mol. The predicted octanol–water partition coefficient (Wildman–Crippen LogP) is 4.98. The van der Waals surface area contributed by atoms with Crippen LogP contribution in [0.4, 0.5) is 4.79 Å². The molecule has 2 amide bonds. The molecule has 1 aliphatic heterocycles. The third-order valence-corrected chi connectivity index (χ3v) is 7.42. The van der Waals surface area contributed by atoms with Gasteiger partial charge >= 0.3 is 6.09 Å². The number of aromatic nitrogens is 3. The molecule has 1 saturated carbocycles. The number of amides is 2. The Labute approximate surface area is 246 Å². The minimum Gasteiger partial charge on any atom is -0.481 e. The van der Waals surface area contributed by atoms with E-state index in [2.05, 4.69) is 15.0 Å². The number of benzene rings is 1. The highest BCUT2D eigenvalue weighted by Crippen LogP contribution is 2.33. The van der Waals surface area contributed by atoms with E-state index in [1.807, 2.05) is 43.9 Å². The van der Waals surface area contributed by atoms with E-state index in [-0.39, 0.29) is 36.3 Å². The van der Waals surface area contributed by atoms with E-state index in [1.165, 1.54) is 0 Å². The Balaban J connectivity index is 1.20. The molecule has 42 heavy (non-hydrogen) atoms. The van der Waals surface area contributed by atoms with Gasteiger partial charge in [-0.1, -0.05) is 30.3 Å². The number of hydrogen-bond donors (Lipinski definition) is 0. The van der Waals surface area contributed by atoms with Gasteiger partial charge in [0.25, 0.3) is 5.91 Å². The van der Waals surface area contributed by atoms with Gasteiger partial charge in [0.2, 0.25) is 5.88 Å². The van der Waals surface area contributed by atoms with E-state index in [0.29, 0.717) is 48.8 Å². The Kier molecular flexibility index (Phi) is 8.51. The number of rotatable bonds is 8. The molecular formula is C32H37N5O5. The number of nitrogens with zero attached hydrogens (tertiary/aromatic N) is 5. The lowest BCUT2D eigenvalue weighted by molar-refractivity contribution is 0.0142. The van der Waals surface area contributed by atoms with E-state index in [4.69, 9.17) is 9.47 Å². The van der Waals surface area contributed by atoms with Gasteiger partial charge in [0.15, 0.2) is 11.6 Å². The first-order chi connectivity index (χ1) is 20.1. The molecule has 2 aromatic heterocycles. The molecule has 0 atom stereocenters. The molecule has 10 nitrogen and oxygen atoms in total. The van der Waals surface area contributed by atoms with Gasteiger partial charge in [-0.3, -0.25) is 9.59 Å². The molecule has 10 heteroatoms. The number of hydrogen-bond acceptors (Lipinski definition) is 8. The molecule has 0 N–H and O–H groups in total. The van der Waals surface area contributed by atoms with Gasteiger partial charge in [0.1, 0.15) is 5.60 Å². The van der Waals surface area contributed by atoms with Gasteiger partial charge in [-0.25, -0.2) is 19.7 Å². The van der Waals surface area contributed by atoms with Crippen molar-refractivity contribution in [3.8, 4) is 17.3 Å². The summed E-state index contributed by atoms with van der Waals surface area (Å²) in [5, 5.41) is 0. The summed E-state index contributed by atoms with van der Waals surface area (Å²) in [6.07, 6.45) is 8.10. The number of piperidine rings is 1. The summed E-state index contributed by atoms with van der Waals surface area (Å²) in [6.45, 7) is 6.69. The molecule has 2 fully saturated rings. The highest BCUT2D eigenvalue weighted by atomic mass is 16.6. The highest BCUT2D eigenvalue weighted by molar-refractivity contribution is 5.98. The zero-order valence-corrected chi connectivity index (χ0v) is 24.6. The minimum atomic E-state index is -0.536. The van der Waals surface area contributed by atoms with Crippen molar-refractivity contribution < 1.29 is 23.9 Å². The Morgan fingerprint density at radius 1 is 0.857 bits per heavy atom. The maximum Gasteiger partial charge on any atom is 0.410 e. The standard InChI is InChI=1S/C32H37N5O5/c1-32(2,3)42-31(40)36-15-13-26(14-16-36)37(25-10-11-25)30(39)24-19-34-29(35-20-24)23-8-6-22(7-9-23)27(38)17-21-5-12-28(41-4)33-18-21/h5-9,12,18-20,25-26H,10-11,13-17H2,1-4H3. The van der Waals surface area contributed by atoms with Gasteiger partial charge in [-0.15, -0.1) is 0 Å². The van der Waals surface area contributed by atoms with Crippen molar-refractivity contribution >= 4 is 17.8 Å². The molecule has 2 aliphatic rings. The maximum absolute atomic E-state index is 13.6. The quantitative estimate of drug-likeness (QED) is 0.348. The molecule has 1 aromatic carbocycles. The first-order valence-electron chi connectivity index (χ1n) is 14.4. The summed E-state index contributed by atoms with van der Waals surface area (Å²) in [4.78, 5) is 55.6. The van der Waals surface area contributed by atoms with E-state index in [0.717, 1.165) is 24.0 Å². The smallest absolute Gasteiger partial charge is 0.410 e. The SMILES string of the molecule is COc1ccc(CC(=O)c2ccc(-c3ncc(C(=O)N(C4CC4)C4CCN(C(=O)OC(C)(C)C)CC4)cn3)cc2)cn1. The molecule has 0 bridgehead atoms. The second kappa shape index (κ2) is 12.3. The second-order valence-corrected chi connectivity index (χ2v) is 11.8. The largest absolute Gasteiger partial charge is 0.481 e. The number of Topliss-reactive ketones (excluding diaryl/α,β-unsaturated/α-hetero) is 1. The first kappa shape index (κ1) is 29.2. The Bertz CT molecular complexity index is 1410. The van der Waals surface area contributed by atoms with Gasteiger partial charge in [-0.05, 0) is 52.0 Å². The van der Waals surface area contributed by atoms with Gasteiger partial charge in [0.05, 0.1) is 12.7 Å². The van der Waals surface area contributed by atoms with Crippen LogP contribution in [0.15, 0.2) is 55.0 Å². The minimum absolute atomic E-state index is 0.0209. The normalized spacial score (nSPS) is 15.7. The summed E-state index contributed by atoms with van der Waals surface area (Å²) >= 11 is 0. The fourth-order valence-electron chi connectivity index (χ4n) is 5.10. The van der Waals surface area contributed by atoms with Gasteiger partial charge in [-0.2, -0.15) is 0 Å². The Morgan fingerprint density at radius 2 is 1.50 bits per heavy atom. The monoisotopic (exact) mass is 571 g/mol. The van der Waals surface area contributed by atoms with E-state index in [1.54, 1.807) is 48.8 Å². The number of pyridine rings is 1. The molecule has 3 heterocycles. The number of carbonyl (C=O) groups is 3. The Morgan fingerprint density at radius 3 is 2.05 bits per heavy atom. The second-order valence-electron chi connectivity index (χ2n) is 11.8. The van der Waals surface area contributed by atoms with Crippen molar-refractivity contribution in [2.24, 2.45) is 0 Å². The molecule has 5 rings (SSSR count).